The first kappa shape index (κ1) is 31.6. The minimum Gasteiger partial charge on any atom is -0.480 e. The van der Waals surface area contributed by atoms with Crippen molar-refractivity contribution in [2.75, 3.05) is 13.3 Å². The van der Waals surface area contributed by atoms with E-state index in [2.05, 4.69) is 20.6 Å². The molecule has 1 aliphatic heterocycles. The molecule has 2 heterocycles. The van der Waals surface area contributed by atoms with E-state index in [1.54, 1.807) is 71.6 Å². The summed E-state index contributed by atoms with van der Waals surface area (Å²) in [6, 6.07) is 26.7. The summed E-state index contributed by atoms with van der Waals surface area (Å²) in [6.45, 7) is 0.0651. The fourth-order valence-corrected chi connectivity index (χ4v) is 5.06. The molecule has 0 radical (unpaired) electrons. The molecule has 0 fully saturated rings. The van der Waals surface area contributed by atoms with E-state index in [-0.39, 0.29) is 44.5 Å². The Morgan fingerprint density at radius 1 is 0.854 bits per heavy atom. The number of aromatic nitrogens is 2. The summed E-state index contributed by atoms with van der Waals surface area (Å²) in [5.41, 5.74) is 3.79. The summed E-state index contributed by atoms with van der Waals surface area (Å²) in [7, 11) is 0. The molecule has 4 N–H and O–H groups in total. The van der Waals surface area contributed by atoms with Crippen LogP contribution in [0.15, 0.2) is 97.1 Å². The van der Waals surface area contributed by atoms with Crippen LogP contribution in [0.5, 0.6) is 11.5 Å². The quantitative estimate of drug-likeness (QED) is 0.154. The minimum atomic E-state index is -1.41. The average molecular weight is 650 g/mol. The number of rotatable bonds is 12. The number of imidazole rings is 1. The molecule has 0 aliphatic carbocycles. The lowest BCUT2D eigenvalue weighted by molar-refractivity contribution is -0.139. The van der Waals surface area contributed by atoms with Gasteiger partial charge in [-0.3, -0.25) is 9.59 Å². The molecule has 1 atom stereocenters. The molecule has 0 saturated heterocycles. The Balaban J connectivity index is 1.10. The van der Waals surface area contributed by atoms with Gasteiger partial charge in [-0.2, -0.15) is 0 Å². The Bertz CT molecular complexity index is 1910. The smallest absolute Gasteiger partial charge is 0.408 e. The van der Waals surface area contributed by atoms with Crippen molar-refractivity contribution >= 4 is 34.9 Å². The molecule has 0 unspecified atom stereocenters. The van der Waals surface area contributed by atoms with Crippen molar-refractivity contribution in [1.82, 2.24) is 25.5 Å². The first-order chi connectivity index (χ1) is 23.3. The maximum absolute atomic E-state index is 13.8. The number of para-hydroxylation sites is 2. The van der Waals surface area contributed by atoms with E-state index in [4.69, 9.17) is 14.2 Å². The van der Waals surface area contributed by atoms with Gasteiger partial charge in [0.25, 0.3) is 11.8 Å². The molecule has 0 saturated carbocycles. The van der Waals surface area contributed by atoms with Crippen LogP contribution in [0, 0.1) is 0 Å². The number of carbonyl (C=O) groups excluding carboxylic acids is 3. The summed E-state index contributed by atoms with van der Waals surface area (Å²) >= 11 is 0. The number of hydrogen-bond donors (Lipinski definition) is 4. The summed E-state index contributed by atoms with van der Waals surface area (Å²) < 4.78 is 15.9. The molecule has 4 aromatic carbocycles. The number of aliphatic carboxylic acids is 1. The van der Waals surface area contributed by atoms with Gasteiger partial charge in [0.1, 0.15) is 18.5 Å². The Kier molecular flexibility index (Phi) is 9.46. The lowest BCUT2D eigenvalue weighted by Crippen LogP contribution is -2.48. The second-order valence-electron chi connectivity index (χ2n) is 10.9. The maximum Gasteiger partial charge on any atom is 0.408 e. The predicted octanol–water partition coefficient (Wildman–Crippen LogP) is 4.24. The lowest BCUT2D eigenvalue weighted by Gasteiger charge is -2.22. The number of fused-ring (bicyclic) bond motifs is 2. The van der Waals surface area contributed by atoms with Crippen LogP contribution in [0.2, 0.25) is 0 Å². The molecular weight excluding hydrogens is 618 g/mol. The van der Waals surface area contributed by atoms with Crippen LogP contribution in [0.4, 0.5) is 4.79 Å². The zero-order valence-electron chi connectivity index (χ0n) is 25.5. The highest BCUT2D eigenvalue weighted by atomic mass is 16.7. The fourth-order valence-electron chi connectivity index (χ4n) is 5.06. The third-order valence-electron chi connectivity index (χ3n) is 7.55. The molecule has 48 heavy (non-hydrogen) atoms. The van der Waals surface area contributed by atoms with Crippen LogP contribution in [-0.2, 0) is 29.2 Å². The predicted molar refractivity (Wildman–Crippen MR) is 172 cm³/mol. The number of amides is 3. The number of hydrogen-bond acceptors (Lipinski definition) is 8. The van der Waals surface area contributed by atoms with Gasteiger partial charge in [0.05, 0.1) is 17.6 Å². The lowest BCUT2D eigenvalue weighted by atomic mass is 10.1. The van der Waals surface area contributed by atoms with Crippen molar-refractivity contribution in [3.63, 3.8) is 0 Å². The van der Waals surface area contributed by atoms with Gasteiger partial charge in [0.2, 0.25) is 6.79 Å². The number of aromatic amines is 1. The fraction of sp³-hybridized carbons (Fsp3) is 0.171. The first-order valence-electron chi connectivity index (χ1n) is 15.0. The van der Waals surface area contributed by atoms with Gasteiger partial charge in [0.15, 0.2) is 11.5 Å². The van der Waals surface area contributed by atoms with Gasteiger partial charge in [0, 0.05) is 24.2 Å². The van der Waals surface area contributed by atoms with E-state index in [0.717, 1.165) is 22.2 Å². The van der Waals surface area contributed by atoms with Gasteiger partial charge < -0.3 is 39.8 Å². The van der Waals surface area contributed by atoms with E-state index in [0.29, 0.717) is 22.9 Å². The summed E-state index contributed by atoms with van der Waals surface area (Å²) in [6.07, 6.45) is -0.924. The Morgan fingerprint density at radius 2 is 1.58 bits per heavy atom. The number of alkyl carbamates (subject to hydrolysis) is 1. The normalized spacial score (nSPS) is 12.2. The summed E-state index contributed by atoms with van der Waals surface area (Å²) in [4.78, 5) is 60.1. The summed E-state index contributed by atoms with van der Waals surface area (Å²) in [5.74, 6) is -0.472. The van der Waals surface area contributed by atoms with Crippen LogP contribution in [0.3, 0.4) is 0 Å². The van der Waals surface area contributed by atoms with E-state index < -0.39 is 24.0 Å². The summed E-state index contributed by atoms with van der Waals surface area (Å²) in [5, 5.41) is 14.3. The highest BCUT2D eigenvalue weighted by Crippen LogP contribution is 2.33. The number of carboxylic acid groups (broad SMARTS) is 1. The van der Waals surface area contributed by atoms with Crippen molar-refractivity contribution in [3.8, 4) is 11.5 Å². The number of carboxylic acids is 1. The second kappa shape index (κ2) is 14.4. The molecule has 5 aromatic rings. The average Bonchev–Trinajstić information content (AvgIpc) is 3.75. The van der Waals surface area contributed by atoms with Gasteiger partial charge in [-0.05, 0) is 53.6 Å². The van der Waals surface area contributed by atoms with Crippen molar-refractivity contribution < 1.29 is 38.5 Å². The largest absolute Gasteiger partial charge is 0.480 e. The van der Waals surface area contributed by atoms with Gasteiger partial charge in [-0.15, -0.1) is 0 Å². The first-order valence-corrected chi connectivity index (χ1v) is 15.0. The SMILES string of the molecule is O=C(N[C@@H](CNC(=O)c1ccc(CN(Cc2nc3ccccc3[nH]2)C(=O)c2ccc3c(c2)OCO3)cc1)C(=O)O)OCc1ccccc1. The van der Waals surface area contributed by atoms with E-state index >= 15 is 0 Å². The molecule has 0 bridgehead atoms. The zero-order valence-corrected chi connectivity index (χ0v) is 25.5. The molecule has 1 aliphatic rings. The number of nitrogens with zero attached hydrogens (tertiary/aromatic N) is 2. The number of benzene rings is 4. The van der Waals surface area contributed by atoms with Crippen molar-refractivity contribution in [3.05, 3.63) is 125 Å². The van der Waals surface area contributed by atoms with Crippen molar-refractivity contribution in [2.24, 2.45) is 0 Å². The highest BCUT2D eigenvalue weighted by Gasteiger charge is 2.24. The standard InChI is InChI=1S/C35H31N5O8/c41-32(36-17-28(34(43)44)39-35(45)46-20-23-6-2-1-3-7-23)24-12-10-22(11-13-24)18-40(19-31-37-26-8-4-5-9-27(26)38-31)33(42)25-14-15-29-30(16-25)48-21-47-29/h1-16,28H,17-21H2,(H,36,41)(H,37,38)(H,39,45)(H,43,44)/t28-/m0/s1. The Labute approximate surface area is 274 Å². The second-order valence-corrected chi connectivity index (χ2v) is 10.9. The van der Waals surface area contributed by atoms with Crippen molar-refractivity contribution in [1.29, 1.82) is 0 Å². The number of carbonyl (C=O) groups is 4. The number of nitrogens with one attached hydrogen (secondary N) is 3. The molecule has 1 aromatic heterocycles. The molecule has 0 spiro atoms. The Hall–Kier alpha value is -6.37. The molecule has 13 heteroatoms. The van der Waals surface area contributed by atoms with Crippen LogP contribution in [0.1, 0.15) is 37.7 Å². The zero-order chi connectivity index (χ0) is 33.5. The van der Waals surface area contributed by atoms with E-state index in [1.165, 1.54) is 0 Å². The van der Waals surface area contributed by atoms with Crippen LogP contribution in [-0.4, -0.2) is 63.2 Å². The molecular formula is C35H31N5O8. The van der Waals surface area contributed by atoms with Crippen molar-refractivity contribution in [2.45, 2.75) is 25.7 Å². The van der Waals surface area contributed by atoms with Crippen LogP contribution in [0.25, 0.3) is 11.0 Å². The highest BCUT2D eigenvalue weighted by molar-refractivity contribution is 5.96. The molecule has 13 nitrogen and oxygen atoms in total. The third-order valence-corrected chi connectivity index (χ3v) is 7.55. The van der Waals surface area contributed by atoms with E-state index in [9.17, 15) is 24.3 Å². The van der Waals surface area contributed by atoms with Gasteiger partial charge in [-0.1, -0.05) is 54.6 Å². The molecule has 244 valence electrons. The monoisotopic (exact) mass is 649 g/mol. The van der Waals surface area contributed by atoms with Crippen LogP contribution < -0.4 is 20.1 Å². The third kappa shape index (κ3) is 7.70. The maximum atomic E-state index is 13.8. The topological polar surface area (TPSA) is 172 Å². The minimum absolute atomic E-state index is 0.0320. The van der Waals surface area contributed by atoms with Gasteiger partial charge in [-0.25, -0.2) is 14.6 Å². The number of ether oxygens (including phenoxy) is 3. The van der Waals surface area contributed by atoms with E-state index in [1.807, 2.05) is 30.3 Å². The Morgan fingerprint density at radius 3 is 2.35 bits per heavy atom. The number of H-pyrrole nitrogens is 1. The molecule has 6 rings (SSSR count). The van der Waals surface area contributed by atoms with Crippen LogP contribution >= 0.6 is 0 Å². The van der Waals surface area contributed by atoms with Gasteiger partial charge >= 0.3 is 12.1 Å². The molecule has 3 amide bonds.